The Morgan fingerprint density at radius 3 is 2.30 bits per heavy atom. The number of guanidine groups is 1. The van der Waals surface area contributed by atoms with Crippen LogP contribution in [0.2, 0.25) is 0 Å². The average molecular weight is 442 g/mol. The van der Waals surface area contributed by atoms with Crippen molar-refractivity contribution < 1.29 is 9.53 Å². The summed E-state index contributed by atoms with van der Waals surface area (Å²) in [6.45, 7) is 16.3. The van der Waals surface area contributed by atoms with Crippen molar-refractivity contribution >= 4 is 36.0 Å². The largest absolute Gasteiger partial charge is 0.444 e. The first kappa shape index (κ1) is 24.5. The minimum Gasteiger partial charge on any atom is -0.444 e. The van der Waals surface area contributed by atoms with E-state index < -0.39 is 5.60 Å². The number of carbonyl (C=O) groups is 1. The van der Waals surface area contributed by atoms with Crippen molar-refractivity contribution in [2.24, 2.45) is 4.99 Å². The van der Waals surface area contributed by atoms with E-state index in [0.29, 0.717) is 25.7 Å². The molecule has 0 radical (unpaired) electrons. The van der Waals surface area contributed by atoms with Gasteiger partial charge in [0.15, 0.2) is 5.96 Å². The first-order valence-electron chi connectivity index (χ1n) is 8.26. The number of rotatable bonds is 7. The zero-order chi connectivity index (χ0) is 17.2. The second kappa shape index (κ2) is 12.7. The van der Waals surface area contributed by atoms with E-state index in [-0.39, 0.29) is 30.1 Å². The first-order chi connectivity index (χ1) is 10.2. The topological polar surface area (TPSA) is 66.0 Å². The maximum atomic E-state index is 12.0. The van der Waals surface area contributed by atoms with E-state index in [1.54, 1.807) is 4.90 Å². The second-order valence-corrected chi connectivity index (χ2v) is 6.27. The minimum atomic E-state index is -0.471. The Morgan fingerprint density at radius 2 is 1.87 bits per heavy atom. The van der Waals surface area contributed by atoms with E-state index in [2.05, 4.69) is 29.5 Å². The van der Waals surface area contributed by atoms with E-state index >= 15 is 0 Å². The summed E-state index contributed by atoms with van der Waals surface area (Å²) in [6.07, 6.45) is 0.744. The Balaban J connectivity index is 0. The van der Waals surface area contributed by atoms with Crippen molar-refractivity contribution in [1.29, 1.82) is 0 Å². The van der Waals surface area contributed by atoms with Crippen LogP contribution >= 0.6 is 24.0 Å². The van der Waals surface area contributed by atoms with Gasteiger partial charge < -0.3 is 20.3 Å². The van der Waals surface area contributed by atoms with Crippen molar-refractivity contribution in [3.05, 3.63) is 0 Å². The third kappa shape index (κ3) is 12.4. The van der Waals surface area contributed by atoms with Crippen LogP contribution in [-0.2, 0) is 4.74 Å². The highest BCUT2D eigenvalue weighted by Gasteiger charge is 2.20. The number of hydrogen-bond acceptors (Lipinski definition) is 3. The van der Waals surface area contributed by atoms with Crippen LogP contribution in [0.3, 0.4) is 0 Å². The van der Waals surface area contributed by atoms with Gasteiger partial charge in [-0.05, 0) is 48.0 Å². The van der Waals surface area contributed by atoms with Crippen molar-refractivity contribution in [1.82, 2.24) is 15.5 Å². The second-order valence-electron chi connectivity index (χ2n) is 6.27. The van der Waals surface area contributed by atoms with Gasteiger partial charge in [-0.2, -0.15) is 0 Å². The van der Waals surface area contributed by atoms with E-state index in [0.717, 1.165) is 18.9 Å². The van der Waals surface area contributed by atoms with Crippen molar-refractivity contribution in [2.75, 3.05) is 26.2 Å². The van der Waals surface area contributed by atoms with E-state index in [1.165, 1.54) is 0 Å². The predicted molar refractivity (Wildman–Crippen MR) is 108 cm³/mol. The van der Waals surface area contributed by atoms with E-state index in [4.69, 9.17) is 4.74 Å². The third-order valence-electron chi connectivity index (χ3n) is 3.01. The fourth-order valence-corrected chi connectivity index (χ4v) is 1.64. The zero-order valence-corrected chi connectivity index (χ0v) is 18.1. The van der Waals surface area contributed by atoms with Gasteiger partial charge in [0, 0.05) is 25.7 Å². The molecule has 6 nitrogen and oxygen atoms in total. The number of hydrogen-bond donors (Lipinski definition) is 2. The Morgan fingerprint density at radius 1 is 1.26 bits per heavy atom. The summed E-state index contributed by atoms with van der Waals surface area (Å²) >= 11 is 0. The van der Waals surface area contributed by atoms with Crippen LogP contribution < -0.4 is 10.6 Å². The lowest BCUT2D eigenvalue weighted by molar-refractivity contribution is 0.0266. The van der Waals surface area contributed by atoms with E-state index in [9.17, 15) is 4.79 Å². The van der Waals surface area contributed by atoms with Crippen LogP contribution in [0.5, 0.6) is 0 Å². The van der Waals surface area contributed by atoms with Gasteiger partial charge in [-0.1, -0.05) is 6.92 Å². The summed E-state index contributed by atoms with van der Waals surface area (Å²) in [5, 5.41) is 6.54. The highest BCUT2D eigenvalue weighted by Crippen LogP contribution is 2.09. The van der Waals surface area contributed by atoms with E-state index in [1.807, 2.05) is 34.6 Å². The van der Waals surface area contributed by atoms with Crippen molar-refractivity contribution in [3.63, 3.8) is 0 Å². The molecular formula is C16H35IN4O2. The van der Waals surface area contributed by atoms with Gasteiger partial charge in [-0.3, -0.25) is 4.99 Å². The number of ether oxygens (including phenoxy) is 1. The Hall–Kier alpha value is -0.730. The Bertz CT molecular complexity index is 356. The number of nitrogens with zero attached hydrogens (tertiary/aromatic N) is 2. The molecule has 2 N–H and O–H groups in total. The molecule has 0 aromatic heterocycles. The highest BCUT2D eigenvalue weighted by atomic mass is 127. The molecule has 0 aromatic carbocycles. The summed E-state index contributed by atoms with van der Waals surface area (Å²) < 4.78 is 5.39. The maximum absolute atomic E-state index is 12.0. The molecule has 23 heavy (non-hydrogen) atoms. The van der Waals surface area contributed by atoms with Crippen LogP contribution in [0.25, 0.3) is 0 Å². The summed E-state index contributed by atoms with van der Waals surface area (Å²) in [7, 11) is 0. The van der Waals surface area contributed by atoms with Gasteiger partial charge in [-0.25, -0.2) is 4.79 Å². The monoisotopic (exact) mass is 442 g/mol. The molecule has 0 aliphatic rings. The molecule has 0 bridgehead atoms. The number of aliphatic imine (C=N–C) groups is 1. The Kier molecular flexibility index (Phi) is 13.5. The van der Waals surface area contributed by atoms with Crippen LogP contribution in [0, 0.1) is 0 Å². The normalized spacial score (nSPS) is 12.9. The van der Waals surface area contributed by atoms with Gasteiger partial charge in [-0.15, -0.1) is 24.0 Å². The van der Waals surface area contributed by atoms with Crippen LogP contribution in [-0.4, -0.2) is 54.8 Å². The number of amides is 1. The predicted octanol–water partition coefficient (Wildman–Crippen LogP) is 3.22. The van der Waals surface area contributed by atoms with Crippen LogP contribution in [0.1, 0.15) is 54.9 Å². The summed E-state index contributed by atoms with van der Waals surface area (Å²) in [5.74, 6) is 0.789. The molecule has 0 fully saturated rings. The Labute approximate surface area is 158 Å². The fraction of sp³-hybridized carbons (Fsp3) is 0.875. The van der Waals surface area contributed by atoms with Gasteiger partial charge in [0.05, 0.1) is 6.54 Å². The SMILES string of the molecule is CCNC(=NCCN(CC)C(=O)OC(C)(C)C)NC(C)CC.I. The molecule has 0 saturated heterocycles. The van der Waals surface area contributed by atoms with Gasteiger partial charge >= 0.3 is 6.09 Å². The van der Waals surface area contributed by atoms with Gasteiger partial charge in [0.1, 0.15) is 5.60 Å². The first-order valence-corrected chi connectivity index (χ1v) is 8.26. The molecule has 0 heterocycles. The maximum Gasteiger partial charge on any atom is 0.410 e. The fourth-order valence-electron chi connectivity index (χ4n) is 1.64. The standard InChI is InChI=1S/C16H34N4O2.HI/c1-8-13(4)19-14(17-9-2)18-11-12-20(10-3)15(21)22-16(5,6)7;/h13H,8-12H2,1-7H3,(H2,17,18,19);1H. The number of nitrogens with one attached hydrogen (secondary N) is 2. The minimum absolute atomic E-state index is 0. The zero-order valence-electron chi connectivity index (χ0n) is 15.7. The van der Waals surface area contributed by atoms with Crippen LogP contribution in [0.15, 0.2) is 4.99 Å². The molecular weight excluding hydrogens is 407 g/mol. The van der Waals surface area contributed by atoms with Crippen LogP contribution in [0.4, 0.5) is 4.79 Å². The summed E-state index contributed by atoms with van der Waals surface area (Å²) in [4.78, 5) is 18.2. The van der Waals surface area contributed by atoms with Crippen molar-refractivity contribution in [3.8, 4) is 0 Å². The highest BCUT2D eigenvalue weighted by molar-refractivity contribution is 14.0. The smallest absolute Gasteiger partial charge is 0.410 e. The molecule has 0 aliphatic heterocycles. The summed E-state index contributed by atoms with van der Waals surface area (Å²) in [5.41, 5.74) is -0.471. The average Bonchev–Trinajstić information content (AvgIpc) is 2.41. The molecule has 1 unspecified atom stereocenters. The molecule has 138 valence electrons. The molecule has 1 amide bonds. The van der Waals surface area contributed by atoms with Gasteiger partial charge in [0.2, 0.25) is 0 Å². The molecule has 0 spiro atoms. The van der Waals surface area contributed by atoms with Crippen molar-refractivity contribution in [2.45, 2.75) is 66.5 Å². The quantitative estimate of drug-likeness (QED) is 0.361. The molecule has 1 atom stereocenters. The number of likely N-dealkylation sites (N-methyl/N-ethyl adjacent to an activating group) is 1. The number of carbonyl (C=O) groups excluding carboxylic acids is 1. The lowest BCUT2D eigenvalue weighted by Crippen LogP contribution is -2.43. The lowest BCUT2D eigenvalue weighted by Gasteiger charge is -2.26. The summed E-state index contributed by atoms with van der Waals surface area (Å²) in [6, 6.07) is 0.367. The number of halogens is 1. The molecule has 0 rings (SSSR count). The lowest BCUT2D eigenvalue weighted by atomic mass is 10.2. The third-order valence-corrected chi connectivity index (χ3v) is 3.01. The molecule has 0 saturated carbocycles. The molecule has 7 heteroatoms. The molecule has 0 aliphatic carbocycles. The van der Waals surface area contributed by atoms with Gasteiger partial charge in [0.25, 0.3) is 0 Å². The molecule has 0 aromatic rings.